The molecule has 8 aromatic carbocycles. The fraction of sp³-hybridized carbons (Fsp3) is 0.0938. The standard InChI is InChI=1S/C64H48N6/c1-37-18-24-54-45(31-37)46-32-38(2)19-25-55(46)67(54)61-60(51-15-11-12-30-65-51)62(68-56-26-20-39(3)33-47(56)48-34-40(4)21-27-57(48)68)64(70-58-28-22-41(5)35-49(58)50-36-42(6)23-29-59(50)70)66-63(61)69-52-16-9-7-13-43(52)44-14-8-10-17-53(44)69/h7-36H,1-6H3. The third-order valence-electron chi connectivity index (χ3n) is 14.7. The molecule has 334 valence electrons. The average Bonchev–Trinajstić information content (AvgIpc) is 4.07. The van der Waals surface area contributed by atoms with Crippen LogP contribution < -0.4 is 0 Å². The second kappa shape index (κ2) is 14.9. The van der Waals surface area contributed by atoms with Crippen molar-refractivity contribution in [3.8, 4) is 34.3 Å². The maximum atomic E-state index is 6.36. The Morgan fingerprint density at radius 2 is 0.586 bits per heavy atom. The lowest BCUT2D eigenvalue weighted by Crippen LogP contribution is -2.16. The Hall–Kier alpha value is -8.74. The quantitative estimate of drug-likeness (QED) is 0.173. The molecule has 0 N–H and O–H groups in total. The van der Waals surface area contributed by atoms with Crippen LogP contribution in [0.2, 0.25) is 0 Å². The lowest BCUT2D eigenvalue weighted by atomic mass is 10.0. The maximum Gasteiger partial charge on any atom is 0.165 e. The smallest absolute Gasteiger partial charge is 0.165 e. The summed E-state index contributed by atoms with van der Waals surface area (Å²) in [5.74, 6) is 1.61. The topological polar surface area (TPSA) is 45.5 Å². The van der Waals surface area contributed by atoms with Gasteiger partial charge in [-0.25, -0.2) is 4.98 Å². The summed E-state index contributed by atoms with van der Waals surface area (Å²) in [6.07, 6.45) is 1.94. The molecular formula is C64H48N6. The highest BCUT2D eigenvalue weighted by Crippen LogP contribution is 2.49. The monoisotopic (exact) mass is 900 g/mol. The molecule has 6 aromatic heterocycles. The summed E-state index contributed by atoms with van der Waals surface area (Å²) in [6, 6.07) is 65.2. The highest BCUT2D eigenvalue weighted by Gasteiger charge is 2.33. The molecule has 0 radical (unpaired) electrons. The zero-order valence-corrected chi connectivity index (χ0v) is 40.0. The number of hydrogen-bond donors (Lipinski definition) is 0. The summed E-state index contributed by atoms with van der Waals surface area (Å²) in [5, 5.41) is 9.49. The zero-order valence-electron chi connectivity index (χ0n) is 40.0. The lowest BCUT2D eigenvalue weighted by Gasteiger charge is -2.26. The van der Waals surface area contributed by atoms with Crippen LogP contribution in [0.25, 0.3) is 121 Å². The van der Waals surface area contributed by atoms with E-state index in [-0.39, 0.29) is 0 Å². The van der Waals surface area contributed by atoms with E-state index in [1.807, 2.05) is 12.3 Å². The van der Waals surface area contributed by atoms with Crippen molar-refractivity contribution in [2.75, 3.05) is 0 Å². The maximum absolute atomic E-state index is 6.36. The second-order valence-electron chi connectivity index (χ2n) is 19.5. The number of nitrogens with zero attached hydrogens (tertiary/aromatic N) is 6. The van der Waals surface area contributed by atoms with Gasteiger partial charge in [-0.05, 0) is 139 Å². The van der Waals surface area contributed by atoms with E-state index in [9.17, 15) is 0 Å². The lowest BCUT2D eigenvalue weighted by molar-refractivity contribution is 0.959. The van der Waals surface area contributed by atoms with Gasteiger partial charge < -0.3 is 9.13 Å². The number of aryl methyl sites for hydroxylation is 6. The molecule has 0 atom stereocenters. The normalized spacial score (nSPS) is 12.1. The van der Waals surface area contributed by atoms with Gasteiger partial charge in [-0.15, -0.1) is 0 Å². The average molecular weight is 901 g/mol. The molecule has 6 heteroatoms. The Kier molecular flexibility index (Phi) is 8.57. The van der Waals surface area contributed by atoms with Gasteiger partial charge in [0.05, 0.1) is 55.4 Å². The van der Waals surface area contributed by atoms with Crippen molar-refractivity contribution in [2.45, 2.75) is 41.5 Å². The van der Waals surface area contributed by atoms with E-state index >= 15 is 0 Å². The highest BCUT2D eigenvalue weighted by atomic mass is 15.2. The van der Waals surface area contributed by atoms with Crippen molar-refractivity contribution in [2.24, 2.45) is 0 Å². The summed E-state index contributed by atoms with van der Waals surface area (Å²) in [6.45, 7) is 13.1. The fourth-order valence-electron chi connectivity index (χ4n) is 11.6. The number of benzene rings is 8. The van der Waals surface area contributed by atoms with Crippen LogP contribution in [-0.2, 0) is 0 Å². The van der Waals surface area contributed by atoms with Crippen LogP contribution in [-0.4, -0.2) is 28.2 Å². The first-order valence-electron chi connectivity index (χ1n) is 24.2. The minimum absolute atomic E-state index is 0.804. The first-order valence-corrected chi connectivity index (χ1v) is 24.2. The SMILES string of the molecule is Cc1ccc2c(c1)c1cc(C)ccc1n2-c1nc(-n2c3ccccc3c3ccccc32)c(-n2c3ccc(C)cc3c3cc(C)ccc32)c(-c2ccccn2)c1-n1c2ccc(C)cc2c2cc(C)ccc21. The Balaban J connectivity index is 1.33. The minimum atomic E-state index is 0.804. The van der Waals surface area contributed by atoms with Gasteiger partial charge >= 0.3 is 0 Å². The summed E-state index contributed by atoms with van der Waals surface area (Å²) in [5.41, 5.74) is 19.7. The molecule has 0 aliphatic carbocycles. The number of aromatic nitrogens is 6. The van der Waals surface area contributed by atoms with E-state index in [4.69, 9.17) is 9.97 Å². The second-order valence-corrected chi connectivity index (χ2v) is 19.5. The Morgan fingerprint density at radius 1 is 0.286 bits per heavy atom. The van der Waals surface area contributed by atoms with E-state index < -0.39 is 0 Å². The van der Waals surface area contributed by atoms with Gasteiger partial charge in [-0.3, -0.25) is 14.1 Å². The number of para-hydroxylation sites is 2. The van der Waals surface area contributed by atoms with Crippen LogP contribution in [0.5, 0.6) is 0 Å². The van der Waals surface area contributed by atoms with Gasteiger partial charge in [0.15, 0.2) is 11.6 Å². The molecule has 14 aromatic rings. The van der Waals surface area contributed by atoms with Gasteiger partial charge in [-0.2, -0.15) is 0 Å². The van der Waals surface area contributed by atoms with Crippen LogP contribution in [0.3, 0.4) is 0 Å². The van der Waals surface area contributed by atoms with Crippen LogP contribution >= 0.6 is 0 Å². The van der Waals surface area contributed by atoms with Crippen LogP contribution in [0.1, 0.15) is 33.4 Å². The zero-order chi connectivity index (χ0) is 47.1. The Labute approximate surface area is 404 Å². The molecule has 0 amide bonds. The van der Waals surface area contributed by atoms with E-state index in [2.05, 4.69) is 230 Å². The number of hydrogen-bond acceptors (Lipinski definition) is 2. The molecule has 0 spiro atoms. The van der Waals surface area contributed by atoms with Gasteiger partial charge in [0.1, 0.15) is 11.4 Å². The molecule has 6 nitrogen and oxygen atoms in total. The molecule has 0 saturated heterocycles. The molecule has 0 aliphatic rings. The summed E-state index contributed by atoms with van der Waals surface area (Å²) < 4.78 is 9.84. The number of fused-ring (bicyclic) bond motifs is 12. The fourth-order valence-corrected chi connectivity index (χ4v) is 11.6. The van der Waals surface area contributed by atoms with Gasteiger partial charge in [0, 0.05) is 49.3 Å². The van der Waals surface area contributed by atoms with E-state index in [1.165, 1.54) is 76.5 Å². The largest absolute Gasteiger partial charge is 0.305 e. The van der Waals surface area contributed by atoms with Crippen molar-refractivity contribution in [3.05, 3.63) is 216 Å². The van der Waals surface area contributed by atoms with Crippen LogP contribution in [0, 0.1) is 41.5 Å². The molecule has 0 bridgehead atoms. The molecule has 0 fully saturated rings. The van der Waals surface area contributed by atoms with Gasteiger partial charge in [0.25, 0.3) is 0 Å². The van der Waals surface area contributed by atoms with Crippen molar-refractivity contribution in [1.82, 2.24) is 28.2 Å². The predicted molar refractivity (Wildman–Crippen MR) is 293 cm³/mol. The van der Waals surface area contributed by atoms with Gasteiger partial charge in [0.2, 0.25) is 0 Å². The van der Waals surface area contributed by atoms with E-state index in [0.717, 1.165) is 78.4 Å². The molecule has 14 rings (SSSR count). The third-order valence-corrected chi connectivity index (χ3v) is 14.7. The Morgan fingerprint density at radius 3 is 0.914 bits per heavy atom. The van der Waals surface area contributed by atoms with E-state index in [0.29, 0.717) is 0 Å². The summed E-state index contributed by atoms with van der Waals surface area (Å²) in [4.78, 5) is 11.8. The van der Waals surface area contributed by atoms with Crippen molar-refractivity contribution < 1.29 is 0 Å². The van der Waals surface area contributed by atoms with Crippen LogP contribution in [0.15, 0.2) is 182 Å². The molecule has 0 saturated carbocycles. The molecule has 0 unspecified atom stereocenters. The number of pyridine rings is 2. The molecular weight excluding hydrogens is 853 g/mol. The minimum Gasteiger partial charge on any atom is -0.305 e. The highest BCUT2D eigenvalue weighted by molar-refractivity contribution is 6.16. The Bertz CT molecular complexity index is 4310. The molecule has 6 heterocycles. The van der Waals surface area contributed by atoms with Crippen LogP contribution in [0.4, 0.5) is 0 Å². The van der Waals surface area contributed by atoms with Gasteiger partial charge in [-0.1, -0.05) is 112 Å². The first-order chi connectivity index (χ1) is 34.2. The van der Waals surface area contributed by atoms with E-state index in [1.54, 1.807) is 0 Å². The van der Waals surface area contributed by atoms with Crippen molar-refractivity contribution in [3.63, 3.8) is 0 Å². The number of rotatable bonds is 5. The third kappa shape index (κ3) is 5.74. The summed E-state index contributed by atoms with van der Waals surface area (Å²) in [7, 11) is 0. The molecule has 0 aliphatic heterocycles. The first kappa shape index (κ1) is 40.3. The van der Waals surface area contributed by atoms with Crippen molar-refractivity contribution >= 4 is 87.2 Å². The molecule has 70 heavy (non-hydrogen) atoms. The predicted octanol–water partition coefficient (Wildman–Crippen LogP) is 16.4. The summed E-state index contributed by atoms with van der Waals surface area (Å²) >= 11 is 0. The van der Waals surface area contributed by atoms with Crippen molar-refractivity contribution in [1.29, 1.82) is 0 Å².